The van der Waals surface area contributed by atoms with E-state index in [1.54, 1.807) is 24.0 Å². The van der Waals surface area contributed by atoms with Crippen molar-refractivity contribution in [1.29, 1.82) is 0 Å². The predicted molar refractivity (Wildman–Crippen MR) is 72.9 cm³/mol. The van der Waals surface area contributed by atoms with Crippen LogP contribution in [0, 0.1) is 19.7 Å². The number of hydrogen-bond donors (Lipinski definition) is 1. The van der Waals surface area contributed by atoms with Crippen LogP contribution in [0.1, 0.15) is 29.4 Å². The summed E-state index contributed by atoms with van der Waals surface area (Å²) in [5, 5.41) is 7.36. The molecular weight excluding hydrogens is 243 g/mol. The Balaban J connectivity index is 2.56. The molecule has 0 unspecified atom stereocenters. The van der Waals surface area contributed by atoms with Crippen LogP contribution >= 0.6 is 0 Å². The Morgan fingerprint density at radius 3 is 2.68 bits per heavy atom. The predicted octanol–water partition coefficient (Wildman–Crippen LogP) is 2.31. The minimum atomic E-state index is -0.315. The minimum Gasteiger partial charge on any atom is -0.316 e. The molecule has 0 aliphatic rings. The van der Waals surface area contributed by atoms with Gasteiger partial charge < -0.3 is 5.32 Å². The Hall–Kier alpha value is -1.75. The number of aryl methyl sites for hydroxylation is 1. The molecule has 0 amide bonds. The summed E-state index contributed by atoms with van der Waals surface area (Å²) < 4.78 is 16.0. The van der Waals surface area contributed by atoms with Crippen LogP contribution in [-0.2, 0) is 13.0 Å². The highest BCUT2D eigenvalue weighted by Crippen LogP contribution is 2.20. The molecule has 0 aromatic carbocycles. The Morgan fingerprint density at radius 1 is 1.37 bits per heavy atom. The highest BCUT2D eigenvalue weighted by Gasteiger charge is 2.17. The number of halogens is 1. The maximum absolute atomic E-state index is 14.4. The molecule has 0 spiro atoms. The van der Waals surface area contributed by atoms with Crippen molar-refractivity contribution in [3.8, 4) is 5.82 Å². The van der Waals surface area contributed by atoms with Crippen LogP contribution in [0.5, 0.6) is 0 Å². The van der Waals surface area contributed by atoms with Crippen molar-refractivity contribution < 1.29 is 4.39 Å². The lowest BCUT2D eigenvalue weighted by molar-refractivity contribution is 0.574. The van der Waals surface area contributed by atoms with E-state index in [2.05, 4.69) is 22.3 Å². The SMILES string of the molecule is CCc1c(C)nn(-c2nccc(CNC)c2F)c1C. The van der Waals surface area contributed by atoms with Crippen LogP contribution in [0.15, 0.2) is 12.3 Å². The first-order valence-electron chi connectivity index (χ1n) is 6.43. The smallest absolute Gasteiger partial charge is 0.190 e. The fraction of sp³-hybridized carbons (Fsp3) is 0.429. The van der Waals surface area contributed by atoms with Gasteiger partial charge >= 0.3 is 0 Å². The molecule has 102 valence electrons. The molecule has 2 aromatic heterocycles. The van der Waals surface area contributed by atoms with Crippen LogP contribution < -0.4 is 5.32 Å². The molecule has 2 aromatic rings. The van der Waals surface area contributed by atoms with Gasteiger partial charge in [0.1, 0.15) is 0 Å². The molecule has 19 heavy (non-hydrogen) atoms. The van der Waals surface area contributed by atoms with E-state index in [9.17, 15) is 4.39 Å². The van der Waals surface area contributed by atoms with E-state index in [1.165, 1.54) is 0 Å². The number of hydrogen-bond acceptors (Lipinski definition) is 3. The highest BCUT2D eigenvalue weighted by atomic mass is 19.1. The maximum atomic E-state index is 14.4. The van der Waals surface area contributed by atoms with Crippen molar-refractivity contribution in [2.45, 2.75) is 33.7 Å². The third-order valence-corrected chi connectivity index (χ3v) is 3.31. The summed E-state index contributed by atoms with van der Waals surface area (Å²) in [5.74, 6) is -0.0434. The van der Waals surface area contributed by atoms with Gasteiger partial charge in [-0.1, -0.05) is 6.92 Å². The van der Waals surface area contributed by atoms with Gasteiger partial charge in [-0.25, -0.2) is 14.1 Å². The summed E-state index contributed by atoms with van der Waals surface area (Å²) in [6.45, 7) is 6.44. The molecule has 0 bridgehead atoms. The van der Waals surface area contributed by atoms with Crippen LogP contribution in [0.25, 0.3) is 5.82 Å². The summed E-state index contributed by atoms with van der Waals surface area (Å²) in [6, 6.07) is 1.68. The van der Waals surface area contributed by atoms with Crippen LogP contribution in [0.4, 0.5) is 4.39 Å². The first-order chi connectivity index (χ1) is 9.10. The fourth-order valence-electron chi connectivity index (χ4n) is 2.34. The van der Waals surface area contributed by atoms with Gasteiger partial charge in [-0.3, -0.25) is 0 Å². The van der Waals surface area contributed by atoms with Crippen LogP contribution in [0.3, 0.4) is 0 Å². The van der Waals surface area contributed by atoms with Crippen LogP contribution in [-0.4, -0.2) is 21.8 Å². The summed E-state index contributed by atoms with van der Waals surface area (Å²) in [7, 11) is 1.79. The zero-order chi connectivity index (χ0) is 14.0. The van der Waals surface area contributed by atoms with Gasteiger partial charge in [-0.05, 0) is 38.9 Å². The molecule has 0 aliphatic heterocycles. The van der Waals surface area contributed by atoms with Crippen LogP contribution in [0.2, 0.25) is 0 Å². The van der Waals surface area contributed by atoms with Crippen molar-refractivity contribution in [2.75, 3.05) is 7.05 Å². The van der Waals surface area contributed by atoms with E-state index < -0.39 is 0 Å². The standard InChI is InChI=1S/C14H19FN4/c1-5-12-9(2)18-19(10(12)3)14-13(15)11(8-16-4)6-7-17-14/h6-7,16H,5,8H2,1-4H3. The lowest BCUT2D eigenvalue weighted by atomic mass is 10.1. The topological polar surface area (TPSA) is 42.7 Å². The van der Waals surface area contributed by atoms with E-state index in [4.69, 9.17) is 0 Å². The van der Waals surface area contributed by atoms with E-state index in [-0.39, 0.29) is 11.6 Å². The maximum Gasteiger partial charge on any atom is 0.190 e. The van der Waals surface area contributed by atoms with Crippen molar-refractivity contribution in [3.05, 3.63) is 40.6 Å². The molecular formula is C14H19FN4. The first kappa shape index (κ1) is 13.7. The number of aromatic nitrogens is 3. The van der Waals surface area contributed by atoms with E-state index in [1.807, 2.05) is 13.8 Å². The average molecular weight is 262 g/mol. The molecule has 0 saturated carbocycles. The molecule has 2 heterocycles. The number of rotatable bonds is 4. The Morgan fingerprint density at radius 2 is 2.11 bits per heavy atom. The lowest BCUT2D eigenvalue weighted by Crippen LogP contribution is -2.12. The van der Waals surface area contributed by atoms with Gasteiger partial charge in [-0.15, -0.1) is 0 Å². The molecule has 4 nitrogen and oxygen atoms in total. The third kappa shape index (κ3) is 2.38. The minimum absolute atomic E-state index is 0.271. The molecule has 0 atom stereocenters. The first-order valence-corrected chi connectivity index (χ1v) is 6.43. The van der Waals surface area contributed by atoms with E-state index >= 15 is 0 Å². The fourth-order valence-corrected chi connectivity index (χ4v) is 2.34. The summed E-state index contributed by atoms with van der Waals surface area (Å²) in [4.78, 5) is 4.14. The van der Waals surface area contributed by atoms with Gasteiger partial charge in [0.05, 0.1) is 5.69 Å². The number of nitrogens with one attached hydrogen (secondary N) is 1. The Bertz CT molecular complexity index is 589. The molecule has 0 aliphatic carbocycles. The zero-order valence-corrected chi connectivity index (χ0v) is 11.8. The van der Waals surface area contributed by atoms with Gasteiger partial charge in [0, 0.05) is 24.0 Å². The number of nitrogens with zero attached hydrogens (tertiary/aromatic N) is 3. The summed E-state index contributed by atoms with van der Waals surface area (Å²) in [6.07, 6.45) is 2.50. The second-order valence-electron chi connectivity index (χ2n) is 4.55. The zero-order valence-electron chi connectivity index (χ0n) is 11.8. The average Bonchev–Trinajstić information content (AvgIpc) is 2.67. The molecule has 0 saturated heterocycles. The second kappa shape index (κ2) is 5.48. The molecule has 0 radical (unpaired) electrons. The summed E-state index contributed by atoms with van der Waals surface area (Å²) in [5.41, 5.74) is 3.63. The van der Waals surface area contributed by atoms with Crippen molar-refractivity contribution in [2.24, 2.45) is 0 Å². The Labute approximate surface area is 112 Å². The van der Waals surface area contributed by atoms with Gasteiger partial charge in [0.25, 0.3) is 0 Å². The molecule has 0 fully saturated rings. The van der Waals surface area contributed by atoms with Crippen molar-refractivity contribution in [1.82, 2.24) is 20.1 Å². The number of pyridine rings is 1. The highest BCUT2D eigenvalue weighted by molar-refractivity contribution is 5.35. The van der Waals surface area contributed by atoms with Gasteiger partial charge in [-0.2, -0.15) is 5.10 Å². The third-order valence-electron chi connectivity index (χ3n) is 3.31. The lowest BCUT2D eigenvalue weighted by Gasteiger charge is -2.08. The van der Waals surface area contributed by atoms with Gasteiger partial charge in [0.2, 0.25) is 0 Å². The van der Waals surface area contributed by atoms with E-state index in [0.717, 1.165) is 23.4 Å². The second-order valence-corrected chi connectivity index (χ2v) is 4.55. The molecule has 2 rings (SSSR count). The molecule has 1 N–H and O–H groups in total. The van der Waals surface area contributed by atoms with Gasteiger partial charge in [0.15, 0.2) is 11.6 Å². The van der Waals surface area contributed by atoms with E-state index in [0.29, 0.717) is 12.1 Å². The van der Waals surface area contributed by atoms with Crippen molar-refractivity contribution >= 4 is 0 Å². The summed E-state index contributed by atoms with van der Waals surface area (Å²) >= 11 is 0. The van der Waals surface area contributed by atoms with Crippen molar-refractivity contribution in [3.63, 3.8) is 0 Å². The normalized spacial score (nSPS) is 11.0. The Kier molecular flexibility index (Phi) is 3.95. The quantitative estimate of drug-likeness (QED) is 0.919. The molecule has 5 heteroatoms. The largest absolute Gasteiger partial charge is 0.316 e. The monoisotopic (exact) mass is 262 g/mol.